The Hall–Kier alpha value is -1.72. The van der Waals surface area contributed by atoms with Crippen LogP contribution in [0.25, 0.3) is 0 Å². The lowest BCUT2D eigenvalue weighted by atomic mass is 10.1. The molecule has 0 saturated carbocycles. The summed E-state index contributed by atoms with van der Waals surface area (Å²) in [6, 6.07) is 0.423. The van der Waals surface area contributed by atoms with Crippen molar-refractivity contribution in [2.75, 3.05) is 0 Å². The van der Waals surface area contributed by atoms with Crippen LogP contribution in [0.1, 0.15) is 15.9 Å². The molecule has 0 aromatic heterocycles. The molecular formula is C8HF4NO. The predicted molar refractivity (Wildman–Crippen MR) is 38.3 cm³/mol. The van der Waals surface area contributed by atoms with E-state index in [1.807, 2.05) is 0 Å². The number of benzene rings is 1. The van der Waals surface area contributed by atoms with Gasteiger partial charge in [-0.1, -0.05) is 0 Å². The van der Waals surface area contributed by atoms with E-state index in [2.05, 4.69) is 4.99 Å². The fourth-order valence-corrected chi connectivity index (χ4v) is 1.17. The average Bonchev–Trinajstić information content (AvgIpc) is 2.38. The van der Waals surface area contributed by atoms with Gasteiger partial charge in [-0.25, -0.2) is 13.2 Å². The second-order valence-electron chi connectivity index (χ2n) is 2.62. The molecule has 1 amide bonds. The largest absolute Gasteiger partial charge is 0.280 e. The smallest absolute Gasteiger partial charge is 0.267 e. The lowest BCUT2D eigenvalue weighted by Crippen LogP contribution is -2.03. The normalized spacial score (nSPS) is 14.3. The highest BCUT2D eigenvalue weighted by atomic mass is 19.2. The summed E-state index contributed by atoms with van der Waals surface area (Å²) in [5.41, 5.74) is -1.51. The minimum absolute atomic E-state index is 0.423. The molecule has 0 N–H and O–H groups in total. The van der Waals surface area contributed by atoms with Gasteiger partial charge in [0.25, 0.3) is 5.91 Å². The predicted octanol–water partition coefficient (Wildman–Crippen LogP) is 1.97. The highest BCUT2D eigenvalue weighted by Crippen LogP contribution is 2.26. The number of aliphatic imine (C=N–C) groups is 1. The topological polar surface area (TPSA) is 29.4 Å². The third kappa shape index (κ3) is 0.966. The molecule has 1 aliphatic rings. The van der Waals surface area contributed by atoms with Gasteiger partial charge in [-0.2, -0.15) is 9.38 Å². The van der Waals surface area contributed by atoms with Crippen LogP contribution >= 0.6 is 0 Å². The Morgan fingerprint density at radius 2 is 1.71 bits per heavy atom. The Bertz CT molecular complexity index is 481. The number of amides is 1. The second kappa shape index (κ2) is 2.63. The third-order valence-corrected chi connectivity index (χ3v) is 1.80. The van der Waals surface area contributed by atoms with E-state index in [-0.39, 0.29) is 0 Å². The van der Waals surface area contributed by atoms with Gasteiger partial charge in [0.1, 0.15) is 0 Å². The van der Waals surface area contributed by atoms with Crippen LogP contribution in [0.4, 0.5) is 17.6 Å². The molecule has 0 atom stereocenters. The second-order valence-corrected chi connectivity index (χ2v) is 2.62. The summed E-state index contributed by atoms with van der Waals surface area (Å²) in [6.07, 6.45) is 0. The van der Waals surface area contributed by atoms with E-state index in [0.717, 1.165) is 0 Å². The molecule has 0 fully saturated rings. The van der Waals surface area contributed by atoms with E-state index >= 15 is 0 Å². The first-order valence-corrected chi connectivity index (χ1v) is 3.48. The Balaban J connectivity index is 2.83. The molecular weight excluding hydrogens is 202 g/mol. The summed E-state index contributed by atoms with van der Waals surface area (Å²) in [4.78, 5) is 13.5. The molecule has 0 unspecified atom stereocenters. The average molecular weight is 203 g/mol. The van der Waals surface area contributed by atoms with Crippen LogP contribution in [0, 0.1) is 17.5 Å². The van der Waals surface area contributed by atoms with Crippen LogP contribution in [0.15, 0.2) is 11.1 Å². The first kappa shape index (κ1) is 8.86. The van der Waals surface area contributed by atoms with Gasteiger partial charge in [0.2, 0.25) is 5.97 Å². The molecule has 1 heterocycles. The third-order valence-electron chi connectivity index (χ3n) is 1.80. The van der Waals surface area contributed by atoms with Gasteiger partial charge in [0, 0.05) is 0 Å². The molecule has 0 spiro atoms. The van der Waals surface area contributed by atoms with Crippen LogP contribution in [-0.4, -0.2) is 11.9 Å². The van der Waals surface area contributed by atoms with Crippen molar-refractivity contribution in [3.8, 4) is 0 Å². The molecule has 6 heteroatoms. The number of carbonyl (C=O) groups is 1. The first-order chi connectivity index (χ1) is 6.52. The fraction of sp³-hybridized carbons (Fsp3) is 0. The van der Waals surface area contributed by atoms with Crippen molar-refractivity contribution in [1.29, 1.82) is 0 Å². The Morgan fingerprint density at radius 3 is 2.36 bits per heavy atom. The molecule has 14 heavy (non-hydrogen) atoms. The van der Waals surface area contributed by atoms with Gasteiger partial charge in [-0.05, 0) is 6.07 Å². The van der Waals surface area contributed by atoms with Crippen molar-refractivity contribution in [2.45, 2.75) is 0 Å². The quantitative estimate of drug-likeness (QED) is 0.468. The fourth-order valence-electron chi connectivity index (χ4n) is 1.17. The molecule has 2 rings (SSSR count). The molecule has 72 valence electrons. The van der Waals surface area contributed by atoms with Crippen molar-refractivity contribution in [3.63, 3.8) is 0 Å². The van der Waals surface area contributed by atoms with E-state index in [9.17, 15) is 22.4 Å². The van der Waals surface area contributed by atoms with E-state index < -0.39 is 40.5 Å². The maximum Gasteiger partial charge on any atom is 0.280 e. The summed E-state index contributed by atoms with van der Waals surface area (Å²) >= 11 is 0. The van der Waals surface area contributed by atoms with Gasteiger partial charge in [-0.15, -0.1) is 0 Å². The lowest BCUT2D eigenvalue weighted by Gasteiger charge is -2.00. The van der Waals surface area contributed by atoms with Gasteiger partial charge in [-0.3, -0.25) is 4.79 Å². The molecule has 0 aliphatic carbocycles. The summed E-state index contributed by atoms with van der Waals surface area (Å²) < 4.78 is 50.8. The zero-order valence-corrected chi connectivity index (χ0v) is 6.44. The number of nitrogens with zero attached hydrogens (tertiary/aromatic N) is 1. The Kier molecular flexibility index (Phi) is 1.67. The van der Waals surface area contributed by atoms with E-state index in [4.69, 9.17) is 0 Å². The number of fused-ring (bicyclic) bond motifs is 1. The van der Waals surface area contributed by atoms with Crippen molar-refractivity contribution in [1.82, 2.24) is 0 Å². The summed E-state index contributed by atoms with van der Waals surface area (Å²) in [7, 11) is 0. The zero-order chi connectivity index (χ0) is 10.5. The van der Waals surface area contributed by atoms with Crippen molar-refractivity contribution < 1.29 is 22.4 Å². The van der Waals surface area contributed by atoms with Crippen LogP contribution < -0.4 is 0 Å². The van der Waals surface area contributed by atoms with Crippen molar-refractivity contribution >= 4 is 11.9 Å². The van der Waals surface area contributed by atoms with Crippen LogP contribution in [-0.2, 0) is 0 Å². The van der Waals surface area contributed by atoms with Gasteiger partial charge >= 0.3 is 0 Å². The van der Waals surface area contributed by atoms with Crippen LogP contribution in [0.5, 0.6) is 0 Å². The maximum atomic E-state index is 12.9. The molecule has 2 nitrogen and oxygen atoms in total. The molecule has 0 radical (unpaired) electrons. The SMILES string of the molecule is O=C1N=C(F)c2c1cc(F)c(F)c2F. The summed E-state index contributed by atoms with van der Waals surface area (Å²) in [5.74, 6) is -7.63. The standard InChI is InChI=1S/C8HF4NO/c9-3-1-2-4(6(11)5(3)10)7(12)13-8(2)14/h1H. The van der Waals surface area contributed by atoms with E-state index in [1.165, 1.54) is 0 Å². The molecule has 0 bridgehead atoms. The molecule has 1 aromatic carbocycles. The van der Waals surface area contributed by atoms with Crippen LogP contribution in [0.3, 0.4) is 0 Å². The highest BCUT2D eigenvalue weighted by Gasteiger charge is 2.31. The number of hydrogen-bond acceptors (Lipinski definition) is 1. The molecule has 1 aromatic rings. The number of halogens is 4. The summed E-state index contributed by atoms with van der Waals surface area (Å²) in [5, 5.41) is 0. The maximum absolute atomic E-state index is 12.9. The minimum Gasteiger partial charge on any atom is -0.267 e. The highest BCUT2D eigenvalue weighted by molar-refractivity contribution is 6.18. The Morgan fingerprint density at radius 1 is 1.07 bits per heavy atom. The molecule has 1 aliphatic heterocycles. The number of hydrogen-bond donors (Lipinski definition) is 0. The lowest BCUT2D eigenvalue weighted by molar-refractivity contribution is 0.100. The van der Waals surface area contributed by atoms with Gasteiger partial charge in [0.05, 0.1) is 11.1 Å². The van der Waals surface area contributed by atoms with Crippen molar-refractivity contribution in [3.05, 3.63) is 34.6 Å². The Labute approximate surface area is 74.9 Å². The number of carbonyl (C=O) groups excluding carboxylic acids is 1. The van der Waals surface area contributed by atoms with E-state index in [1.54, 1.807) is 0 Å². The minimum atomic E-state index is -1.82. The monoisotopic (exact) mass is 203 g/mol. The molecule has 0 saturated heterocycles. The van der Waals surface area contributed by atoms with E-state index in [0.29, 0.717) is 6.07 Å². The zero-order valence-electron chi connectivity index (χ0n) is 6.44. The van der Waals surface area contributed by atoms with Gasteiger partial charge < -0.3 is 0 Å². The number of rotatable bonds is 0. The van der Waals surface area contributed by atoms with Gasteiger partial charge in [0.15, 0.2) is 17.5 Å². The summed E-state index contributed by atoms with van der Waals surface area (Å²) in [6.45, 7) is 0. The van der Waals surface area contributed by atoms with Crippen LogP contribution in [0.2, 0.25) is 0 Å². The van der Waals surface area contributed by atoms with Crippen molar-refractivity contribution in [2.24, 2.45) is 4.99 Å². The first-order valence-electron chi connectivity index (χ1n) is 3.48.